The molecule has 1 aliphatic heterocycles. The van der Waals surface area contributed by atoms with Crippen LogP contribution in [0.1, 0.15) is 36.6 Å². The number of amides is 2. The van der Waals surface area contributed by atoms with Crippen molar-refractivity contribution in [2.75, 3.05) is 26.2 Å². The van der Waals surface area contributed by atoms with Gasteiger partial charge in [-0.05, 0) is 36.4 Å². The summed E-state index contributed by atoms with van der Waals surface area (Å²) in [5.41, 5.74) is 1.26. The first-order valence-electron chi connectivity index (χ1n) is 8.01. The maximum Gasteiger partial charge on any atom is 0.223 e. The molecule has 0 spiro atoms. The Kier molecular flexibility index (Phi) is 6.86. The predicted molar refractivity (Wildman–Crippen MR) is 88.8 cm³/mol. The number of fused-ring (bicyclic) bond motifs is 1. The second-order valence-corrected chi connectivity index (χ2v) is 6.53. The topological polar surface area (TPSA) is 61.4 Å². The first-order chi connectivity index (χ1) is 10.7. The Morgan fingerprint density at radius 3 is 2.95 bits per heavy atom. The van der Waals surface area contributed by atoms with Gasteiger partial charge in [-0.3, -0.25) is 9.59 Å². The molecule has 0 unspecified atom stereocenters. The summed E-state index contributed by atoms with van der Waals surface area (Å²) in [6, 6.07) is 2.09. The predicted octanol–water partition coefficient (Wildman–Crippen LogP) is 1.53. The first-order valence-corrected chi connectivity index (χ1v) is 8.89. The Hall–Kier alpha value is -1.40. The van der Waals surface area contributed by atoms with Crippen molar-refractivity contribution in [2.45, 2.75) is 39.2 Å². The minimum Gasteiger partial charge on any atom is -0.355 e. The van der Waals surface area contributed by atoms with E-state index in [1.165, 1.54) is 10.4 Å². The minimum absolute atomic E-state index is 0.0418. The van der Waals surface area contributed by atoms with E-state index in [-0.39, 0.29) is 18.2 Å². The van der Waals surface area contributed by atoms with Crippen LogP contribution >= 0.6 is 11.3 Å². The summed E-state index contributed by atoms with van der Waals surface area (Å²) in [6.07, 6.45) is 2.60. The lowest BCUT2D eigenvalue weighted by molar-refractivity contribution is -0.134. The molecule has 22 heavy (non-hydrogen) atoms. The van der Waals surface area contributed by atoms with E-state index in [9.17, 15) is 9.59 Å². The molecule has 5 nitrogen and oxygen atoms in total. The van der Waals surface area contributed by atoms with E-state index in [4.69, 9.17) is 0 Å². The molecule has 0 atom stereocenters. The zero-order chi connectivity index (χ0) is 15.8. The maximum atomic E-state index is 12.2. The van der Waals surface area contributed by atoms with Gasteiger partial charge in [0.2, 0.25) is 11.8 Å². The highest BCUT2D eigenvalue weighted by molar-refractivity contribution is 7.10. The molecule has 2 N–H and O–H groups in total. The van der Waals surface area contributed by atoms with Crippen molar-refractivity contribution in [2.24, 2.45) is 0 Å². The number of thiophene rings is 1. The molecule has 1 aromatic rings. The summed E-state index contributed by atoms with van der Waals surface area (Å²) >= 11 is 1.76. The molecule has 0 bridgehead atoms. The van der Waals surface area contributed by atoms with Crippen LogP contribution in [0.15, 0.2) is 11.4 Å². The third-order valence-corrected chi connectivity index (χ3v) is 4.80. The number of carbonyl (C=O) groups excluding carboxylic acids is 2. The Labute approximate surface area is 136 Å². The Morgan fingerprint density at radius 2 is 2.14 bits per heavy atom. The van der Waals surface area contributed by atoms with E-state index in [0.29, 0.717) is 19.5 Å². The van der Waals surface area contributed by atoms with Crippen LogP contribution in [-0.4, -0.2) is 42.9 Å². The van der Waals surface area contributed by atoms with Crippen LogP contribution in [0.5, 0.6) is 0 Å². The van der Waals surface area contributed by atoms with Gasteiger partial charge >= 0.3 is 0 Å². The molecule has 2 amide bonds. The van der Waals surface area contributed by atoms with Gasteiger partial charge in [0.1, 0.15) is 0 Å². The zero-order valence-corrected chi connectivity index (χ0v) is 14.0. The van der Waals surface area contributed by atoms with Gasteiger partial charge < -0.3 is 15.5 Å². The molecule has 1 aromatic heterocycles. The van der Waals surface area contributed by atoms with Crippen molar-refractivity contribution in [1.29, 1.82) is 0 Å². The molecule has 0 saturated heterocycles. The van der Waals surface area contributed by atoms with Gasteiger partial charge in [0.25, 0.3) is 0 Å². The Balaban J connectivity index is 1.62. The number of hydrogen-bond donors (Lipinski definition) is 2. The van der Waals surface area contributed by atoms with Crippen LogP contribution in [0.2, 0.25) is 0 Å². The van der Waals surface area contributed by atoms with E-state index in [1.807, 2.05) is 4.90 Å². The van der Waals surface area contributed by atoms with Crippen molar-refractivity contribution < 1.29 is 9.59 Å². The summed E-state index contributed by atoms with van der Waals surface area (Å²) in [7, 11) is 0. The summed E-state index contributed by atoms with van der Waals surface area (Å²) in [4.78, 5) is 27.2. The van der Waals surface area contributed by atoms with E-state index in [1.54, 1.807) is 11.3 Å². The summed E-state index contributed by atoms with van der Waals surface area (Å²) in [5.74, 6) is 0.0380. The molecule has 2 heterocycles. The molecule has 0 fully saturated rings. The second-order valence-electron chi connectivity index (χ2n) is 5.53. The SMILES string of the molecule is CCCNCCNC(=O)CCC(=O)N1CCc2sccc2C1. The van der Waals surface area contributed by atoms with E-state index < -0.39 is 0 Å². The molecule has 0 aliphatic carbocycles. The number of hydrogen-bond acceptors (Lipinski definition) is 4. The van der Waals surface area contributed by atoms with Crippen LogP contribution in [0.4, 0.5) is 0 Å². The fraction of sp³-hybridized carbons (Fsp3) is 0.625. The fourth-order valence-electron chi connectivity index (χ4n) is 2.52. The van der Waals surface area contributed by atoms with E-state index >= 15 is 0 Å². The Morgan fingerprint density at radius 1 is 1.27 bits per heavy atom. The van der Waals surface area contributed by atoms with Crippen LogP contribution < -0.4 is 10.6 Å². The number of nitrogens with zero attached hydrogens (tertiary/aromatic N) is 1. The number of rotatable bonds is 8. The number of carbonyl (C=O) groups is 2. The standard InChI is InChI=1S/C16H25N3O2S/c1-2-7-17-8-9-18-15(20)3-4-16(21)19-10-5-14-13(12-19)6-11-22-14/h6,11,17H,2-5,7-10,12H2,1H3,(H,18,20). The molecular weight excluding hydrogens is 298 g/mol. The lowest BCUT2D eigenvalue weighted by Gasteiger charge is -2.27. The van der Waals surface area contributed by atoms with Gasteiger partial charge in [-0.25, -0.2) is 0 Å². The highest BCUT2D eigenvalue weighted by atomic mass is 32.1. The molecule has 0 saturated carbocycles. The average molecular weight is 323 g/mol. The van der Waals surface area contributed by atoms with Crippen LogP contribution in [0.25, 0.3) is 0 Å². The van der Waals surface area contributed by atoms with Crippen molar-refractivity contribution in [1.82, 2.24) is 15.5 Å². The molecule has 0 radical (unpaired) electrons. The van der Waals surface area contributed by atoms with Crippen molar-refractivity contribution in [3.63, 3.8) is 0 Å². The zero-order valence-electron chi connectivity index (χ0n) is 13.2. The third-order valence-electron chi connectivity index (χ3n) is 3.78. The van der Waals surface area contributed by atoms with Crippen molar-refractivity contribution in [3.8, 4) is 0 Å². The van der Waals surface area contributed by atoms with Crippen molar-refractivity contribution in [3.05, 3.63) is 21.9 Å². The molecule has 0 aromatic carbocycles. The maximum absolute atomic E-state index is 12.2. The lowest BCUT2D eigenvalue weighted by atomic mass is 10.1. The average Bonchev–Trinajstić information content (AvgIpc) is 2.99. The molecule has 2 rings (SSSR count). The van der Waals surface area contributed by atoms with E-state index in [0.717, 1.165) is 32.5 Å². The highest BCUT2D eigenvalue weighted by Crippen LogP contribution is 2.24. The van der Waals surface area contributed by atoms with Gasteiger partial charge in [0.15, 0.2) is 0 Å². The van der Waals surface area contributed by atoms with Crippen LogP contribution in [0, 0.1) is 0 Å². The molecule has 1 aliphatic rings. The van der Waals surface area contributed by atoms with Gasteiger partial charge in [0.05, 0.1) is 0 Å². The van der Waals surface area contributed by atoms with E-state index in [2.05, 4.69) is 29.0 Å². The summed E-state index contributed by atoms with van der Waals surface area (Å²) in [6.45, 7) is 5.94. The molecule has 6 heteroatoms. The molecular formula is C16H25N3O2S. The monoisotopic (exact) mass is 323 g/mol. The third kappa shape index (κ3) is 5.10. The largest absolute Gasteiger partial charge is 0.355 e. The highest BCUT2D eigenvalue weighted by Gasteiger charge is 2.21. The van der Waals surface area contributed by atoms with Crippen LogP contribution in [-0.2, 0) is 22.6 Å². The van der Waals surface area contributed by atoms with Gasteiger partial charge in [-0.2, -0.15) is 0 Å². The quantitative estimate of drug-likeness (QED) is 0.713. The van der Waals surface area contributed by atoms with Crippen molar-refractivity contribution >= 4 is 23.2 Å². The van der Waals surface area contributed by atoms with Gasteiger partial charge in [0, 0.05) is 43.9 Å². The minimum atomic E-state index is -0.0418. The smallest absolute Gasteiger partial charge is 0.223 e. The fourth-order valence-corrected chi connectivity index (χ4v) is 3.41. The first kappa shape index (κ1) is 17.0. The second kappa shape index (κ2) is 8.90. The summed E-state index contributed by atoms with van der Waals surface area (Å²) in [5, 5.41) is 8.15. The van der Waals surface area contributed by atoms with Crippen LogP contribution in [0.3, 0.4) is 0 Å². The molecule has 122 valence electrons. The van der Waals surface area contributed by atoms with Gasteiger partial charge in [-0.15, -0.1) is 11.3 Å². The Bertz CT molecular complexity index is 501. The lowest BCUT2D eigenvalue weighted by Crippen LogP contribution is -2.36. The van der Waals surface area contributed by atoms with Gasteiger partial charge in [-0.1, -0.05) is 6.92 Å². The number of nitrogens with one attached hydrogen (secondary N) is 2. The summed E-state index contributed by atoms with van der Waals surface area (Å²) < 4.78 is 0. The normalized spacial score (nSPS) is 13.8.